The molecular formula is C23H23FN6O2. The molecule has 2 aliphatic rings. The van der Waals surface area contributed by atoms with Crippen LogP contribution in [0.4, 0.5) is 20.7 Å². The van der Waals surface area contributed by atoms with Gasteiger partial charge in [0.2, 0.25) is 0 Å². The molecule has 1 amide bonds. The molecule has 32 heavy (non-hydrogen) atoms. The van der Waals surface area contributed by atoms with Crippen molar-refractivity contribution in [2.45, 2.75) is 31.3 Å². The van der Waals surface area contributed by atoms with Gasteiger partial charge in [0, 0.05) is 12.1 Å². The van der Waals surface area contributed by atoms with Gasteiger partial charge in [-0.15, -0.1) is 10.2 Å². The SMILES string of the molecule is O=C1O[C@]2(CC[C@H](CNc3ccc(-c4ccccc4F)nn3)CC2)CN1c1ccnnc1. The van der Waals surface area contributed by atoms with Gasteiger partial charge in [0.25, 0.3) is 0 Å². The fourth-order valence-electron chi connectivity index (χ4n) is 4.42. The first-order chi connectivity index (χ1) is 15.6. The second-order valence-electron chi connectivity index (χ2n) is 8.35. The van der Waals surface area contributed by atoms with E-state index in [0.29, 0.717) is 35.2 Å². The number of hydrogen-bond acceptors (Lipinski definition) is 7. The number of carbonyl (C=O) groups excluding carboxylic acids is 1. The summed E-state index contributed by atoms with van der Waals surface area (Å²) in [5.41, 5.74) is 1.22. The van der Waals surface area contributed by atoms with Gasteiger partial charge in [-0.3, -0.25) is 4.90 Å². The zero-order chi connectivity index (χ0) is 22.0. The van der Waals surface area contributed by atoms with Gasteiger partial charge in [0.15, 0.2) is 0 Å². The van der Waals surface area contributed by atoms with Crippen molar-refractivity contribution in [1.29, 1.82) is 0 Å². The normalized spacial score (nSPS) is 22.7. The van der Waals surface area contributed by atoms with Gasteiger partial charge in [-0.25, -0.2) is 9.18 Å². The zero-order valence-electron chi connectivity index (χ0n) is 17.4. The molecule has 0 radical (unpaired) electrons. The van der Waals surface area contributed by atoms with Crippen LogP contribution in [-0.2, 0) is 4.74 Å². The largest absolute Gasteiger partial charge is 0.441 e. The van der Waals surface area contributed by atoms with E-state index in [0.717, 1.165) is 32.2 Å². The van der Waals surface area contributed by atoms with Crippen molar-refractivity contribution in [2.75, 3.05) is 23.3 Å². The van der Waals surface area contributed by atoms with Crippen molar-refractivity contribution in [2.24, 2.45) is 5.92 Å². The highest BCUT2D eigenvalue weighted by atomic mass is 19.1. The van der Waals surface area contributed by atoms with E-state index in [2.05, 4.69) is 25.7 Å². The Labute approximate surface area is 184 Å². The molecule has 3 heterocycles. The molecule has 1 saturated heterocycles. The molecule has 1 N–H and O–H groups in total. The minimum absolute atomic E-state index is 0.315. The molecule has 2 fully saturated rings. The van der Waals surface area contributed by atoms with Gasteiger partial charge in [-0.1, -0.05) is 12.1 Å². The third kappa shape index (κ3) is 4.10. The van der Waals surface area contributed by atoms with Crippen molar-refractivity contribution in [3.05, 3.63) is 60.7 Å². The third-order valence-corrected chi connectivity index (χ3v) is 6.25. The van der Waals surface area contributed by atoms with Crippen LogP contribution >= 0.6 is 0 Å². The molecule has 1 aliphatic heterocycles. The summed E-state index contributed by atoms with van der Waals surface area (Å²) in [6.45, 7) is 1.30. The van der Waals surface area contributed by atoms with Gasteiger partial charge in [0.1, 0.15) is 17.2 Å². The molecule has 0 atom stereocenters. The van der Waals surface area contributed by atoms with E-state index in [1.54, 1.807) is 47.6 Å². The minimum Gasteiger partial charge on any atom is -0.441 e. The molecule has 2 aromatic heterocycles. The zero-order valence-corrected chi connectivity index (χ0v) is 17.4. The Bertz CT molecular complexity index is 1090. The summed E-state index contributed by atoms with van der Waals surface area (Å²) in [6, 6.07) is 11.9. The topological polar surface area (TPSA) is 93.1 Å². The van der Waals surface area contributed by atoms with Crippen LogP contribution in [-0.4, -0.2) is 45.2 Å². The highest BCUT2D eigenvalue weighted by Crippen LogP contribution is 2.40. The Morgan fingerprint density at radius 2 is 1.94 bits per heavy atom. The van der Waals surface area contributed by atoms with Crippen LogP contribution in [0.3, 0.4) is 0 Å². The van der Waals surface area contributed by atoms with Gasteiger partial charge >= 0.3 is 6.09 Å². The summed E-state index contributed by atoms with van der Waals surface area (Å²) in [6.07, 6.45) is 6.36. The van der Waals surface area contributed by atoms with Crippen LogP contribution in [0.25, 0.3) is 11.3 Å². The summed E-state index contributed by atoms with van der Waals surface area (Å²) >= 11 is 0. The van der Waals surface area contributed by atoms with E-state index in [1.165, 1.54) is 6.07 Å². The molecule has 1 spiro atoms. The number of aromatic nitrogens is 4. The summed E-state index contributed by atoms with van der Waals surface area (Å²) < 4.78 is 19.7. The number of ether oxygens (including phenoxy) is 1. The van der Waals surface area contributed by atoms with Crippen molar-refractivity contribution in [3.8, 4) is 11.3 Å². The van der Waals surface area contributed by atoms with Crippen molar-refractivity contribution >= 4 is 17.6 Å². The number of carbonyl (C=O) groups is 1. The predicted molar refractivity (Wildman–Crippen MR) is 116 cm³/mol. The molecule has 9 heteroatoms. The van der Waals surface area contributed by atoms with Gasteiger partial charge in [-0.05, 0) is 61.9 Å². The number of halogens is 1. The molecule has 0 bridgehead atoms. The average Bonchev–Trinajstić information content (AvgIpc) is 3.16. The third-order valence-electron chi connectivity index (χ3n) is 6.25. The maximum absolute atomic E-state index is 13.9. The number of nitrogens with zero attached hydrogens (tertiary/aromatic N) is 5. The van der Waals surface area contributed by atoms with E-state index in [1.807, 2.05) is 6.07 Å². The molecule has 0 unspecified atom stereocenters. The van der Waals surface area contributed by atoms with Crippen LogP contribution in [0.5, 0.6) is 0 Å². The van der Waals surface area contributed by atoms with Crippen LogP contribution in [0.15, 0.2) is 54.9 Å². The monoisotopic (exact) mass is 434 g/mol. The molecular weight excluding hydrogens is 411 g/mol. The number of nitrogens with one attached hydrogen (secondary N) is 1. The quantitative estimate of drug-likeness (QED) is 0.647. The lowest BCUT2D eigenvalue weighted by Gasteiger charge is -2.35. The van der Waals surface area contributed by atoms with Crippen LogP contribution < -0.4 is 10.2 Å². The second kappa shape index (κ2) is 8.49. The molecule has 3 aromatic rings. The first-order valence-corrected chi connectivity index (χ1v) is 10.7. The van der Waals surface area contributed by atoms with Gasteiger partial charge in [-0.2, -0.15) is 10.2 Å². The van der Waals surface area contributed by atoms with E-state index < -0.39 is 5.60 Å². The number of rotatable bonds is 5. The first kappa shape index (κ1) is 20.3. The Kier molecular flexibility index (Phi) is 5.38. The van der Waals surface area contributed by atoms with E-state index in [-0.39, 0.29) is 11.9 Å². The Hall–Kier alpha value is -3.62. The van der Waals surface area contributed by atoms with E-state index in [9.17, 15) is 9.18 Å². The molecule has 1 aliphatic carbocycles. The number of anilines is 2. The summed E-state index contributed by atoms with van der Waals surface area (Å²) in [4.78, 5) is 14.0. The van der Waals surface area contributed by atoms with Crippen LogP contribution in [0.2, 0.25) is 0 Å². The van der Waals surface area contributed by atoms with Gasteiger partial charge in [0.05, 0.1) is 30.3 Å². The van der Waals surface area contributed by atoms with Crippen molar-refractivity contribution in [3.63, 3.8) is 0 Å². The maximum atomic E-state index is 13.9. The molecule has 8 nitrogen and oxygen atoms in total. The van der Waals surface area contributed by atoms with Crippen LogP contribution in [0.1, 0.15) is 25.7 Å². The fourth-order valence-corrected chi connectivity index (χ4v) is 4.42. The Morgan fingerprint density at radius 3 is 2.66 bits per heavy atom. The second-order valence-corrected chi connectivity index (χ2v) is 8.35. The molecule has 1 saturated carbocycles. The Morgan fingerprint density at radius 1 is 1.09 bits per heavy atom. The lowest BCUT2D eigenvalue weighted by Crippen LogP contribution is -2.39. The minimum atomic E-state index is -0.432. The maximum Gasteiger partial charge on any atom is 0.415 e. The number of hydrogen-bond donors (Lipinski definition) is 1. The summed E-state index contributed by atoms with van der Waals surface area (Å²) in [5, 5.41) is 19.3. The first-order valence-electron chi connectivity index (χ1n) is 10.7. The predicted octanol–water partition coefficient (Wildman–Crippen LogP) is 4.07. The standard InChI is InChI=1S/C23H23FN6O2/c24-19-4-2-1-3-18(19)20-5-6-21(29-28-20)25-13-16-7-10-23(11-8-16)15-30(22(31)32-23)17-9-12-26-27-14-17/h1-6,9,12,14,16H,7-8,10-11,13,15H2,(H,25,29)/t16-,23-. The number of amides is 1. The lowest BCUT2D eigenvalue weighted by molar-refractivity contribution is 0.0148. The van der Waals surface area contributed by atoms with Crippen molar-refractivity contribution < 1.29 is 13.9 Å². The van der Waals surface area contributed by atoms with E-state index >= 15 is 0 Å². The van der Waals surface area contributed by atoms with E-state index in [4.69, 9.17) is 4.74 Å². The lowest BCUT2D eigenvalue weighted by atomic mass is 9.78. The van der Waals surface area contributed by atoms with Crippen LogP contribution in [0, 0.1) is 11.7 Å². The summed E-state index contributed by atoms with van der Waals surface area (Å²) in [5.74, 6) is 0.795. The molecule has 164 valence electrons. The fraction of sp³-hybridized carbons (Fsp3) is 0.348. The van der Waals surface area contributed by atoms with Crippen molar-refractivity contribution in [1.82, 2.24) is 20.4 Å². The highest BCUT2D eigenvalue weighted by molar-refractivity contribution is 5.90. The summed E-state index contributed by atoms with van der Waals surface area (Å²) in [7, 11) is 0. The average molecular weight is 434 g/mol. The van der Waals surface area contributed by atoms with Gasteiger partial charge < -0.3 is 10.1 Å². The molecule has 5 rings (SSSR count). The highest BCUT2D eigenvalue weighted by Gasteiger charge is 2.47. The smallest absolute Gasteiger partial charge is 0.415 e. The molecule has 1 aromatic carbocycles. The Balaban J connectivity index is 1.14. The number of benzene rings is 1.